The van der Waals surface area contributed by atoms with E-state index in [0.29, 0.717) is 18.3 Å². The molecule has 0 aliphatic carbocycles. The number of ether oxygens (including phenoxy) is 2. The number of nitrogens with zero attached hydrogens (tertiary/aromatic N) is 2. The number of fused-ring (bicyclic) bond motifs is 1. The Balaban J connectivity index is 2.63. The first kappa shape index (κ1) is 15.4. The van der Waals surface area contributed by atoms with Crippen LogP contribution in [0, 0.1) is 0 Å². The Labute approximate surface area is 125 Å². The molecule has 114 valence electrons. The minimum Gasteiger partial charge on any atom is -0.493 e. The molecule has 1 heterocycles. The van der Waals surface area contributed by atoms with Gasteiger partial charge in [-0.1, -0.05) is 0 Å². The second-order valence-electron chi connectivity index (χ2n) is 5.14. The summed E-state index contributed by atoms with van der Waals surface area (Å²) in [6.45, 7) is 5.62. The van der Waals surface area contributed by atoms with Crippen molar-refractivity contribution in [2.24, 2.45) is 5.73 Å². The van der Waals surface area contributed by atoms with Gasteiger partial charge in [0.15, 0.2) is 11.5 Å². The summed E-state index contributed by atoms with van der Waals surface area (Å²) in [7, 11) is 3.28. The quantitative estimate of drug-likeness (QED) is 0.885. The van der Waals surface area contributed by atoms with E-state index >= 15 is 0 Å². The molecule has 0 radical (unpaired) electrons. The van der Waals surface area contributed by atoms with E-state index in [2.05, 4.69) is 23.7 Å². The SMILES string of the molecule is COc1cc2ccnc(N(CCN)C(C)C)c2cc1OC. The molecule has 0 atom stereocenters. The lowest BCUT2D eigenvalue weighted by molar-refractivity contribution is 0.356. The molecule has 1 aromatic heterocycles. The predicted molar refractivity (Wildman–Crippen MR) is 86.4 cm³/mol. The highest BCUT2D eigenvalue weighted by atomic mass is 16.5. The van der Waals surface area contributed by atoms with Gasteiger partial charge in [0.05, 0.1) is 14.2 Å². The van der Waals surface area contributed by atoms with Crippen molar-refractivity contribution in [1.82, 2.24) is 4.98 Å². The van der Waals surface area contributed by atoms with Crippen LogP contribution in [-0.4, -0.2) is 38.3 Å². The Morgan fingerprint density at radius 2 is 1.86 bits per heavy atom. The molecular formula is C16H23N3O2. The molecule has 2 aromatic rings. The van der Waals surface area contributed by atoms with E-state index < -0.39 is 0 Å². The average molecular weight is 289 g/mol. The van der Waals surface area contributed by atoms with Gasteiger partial charge < -0.3 is 20.1 Å². The highest BCUT2D eigenvalue weighted by Gasteiger charge is 2.16. The van der Waals surface area contributed by atoms with Gasteiger partial charge in [-0.2, -0.15) is 0 Å². The molecule has 0 fully saturated rings. The maximum atomic E-state index is 5.74. The van der Waals surface area contributed by atoms with Crippen LogP contribution in [0.2, 0.25) is 0 Å². The molecule has 0 saturated carbocycles. The Kier molecular flexibility index (Phi) is 4.85. The molecule has 0 unspecified atom stereocenters. The van der Waals surface area contributed by atoms with Gasteiger partial charge in [0.25, 0.3) is 0 Å². The molecule has 21 heavy (non-hydrogen) atoms. The van der Waals surface area contributed by atoms with Crippen molar-refractivity contribution >= 4 is 16.6 Å². The van der Waals surface area contributed by atoms with Crippen molar-refractivity contribution in [3.8, 4) is 11.5 Å². The molecule has 0 saturated heterocycles. The van der Waals surface area contributed by atoms with Crippen molar-refractivity contribution in [3.05, 3.63) is 24.4 Å². The van der Waals surface area contributed by atoms with Crippen LogP contribution in [0.4, 0.5) is 5.82 Å². The molecule has 0 aliphatic rings. The number of anilines is 1. The van der Waals surface area contributed by atoms with Gasteiger partial charge >= 0.3 is 0 Å². The minimum atomic E-state index is 0.319. The van der Waals surface area contributed by atoms with E-state index in [4.69, 9.17) is 15.2 Å². The van der Waals surface area contributed by atoms with Crippen LogP contribution in [0.3, 0.4) is 0 Å². The van der Waals surface area contributed by atoms with Gasteiger partial charge in [0, 0.05) is 30.7 Å². The smallest absolute Gasteiger partial charge is 0.161 e. The van der Waals surface area contributed by atoms with Crippen LogP contribution >= 0.6 is 0 Å². The first-order valence-corrected chi connectivity index (χ1v) is 7.09. The number of methoxy groups -OCH3 is 2. The molecule has 1 aromatic carbocycles. The summed E-state index contributed by atoms with van der Waals surface area (Å²) in [5, 5.41) is 2.11. The zero-order valence-corrected chi connectivity index (χ0v) is 13.1. The monoisotopic (exact) mass is 289 g/mol. The third-order valence-corrected chi connectivity index (χ3v) is 3.51. The predicted octanol–water partition coefficient (Wildman–Crippen LogP) is 2.43. The van der Waals surface area contributed by atoms with Gasteiger partial charge in [-0.25, -0.2) is 4.98 Å². The standard InChI is InChI=1S/C16H23N3O2/c1-11(2)19(8-6-17)16-13-10-15(21-4)14(20-3)9-12(13)5-7-18-16/h5,7,9-11H,6,8,17H2,1-4H3. The summed E-state index contributed by atoms with van der Waals surface area (Å²) < 4.78 is 10.8. The molecule has 0 aliphatic heterocycles. The Morgan fingerprint density at radius 1 is 1.19 bits per heavy atom. The Hall–Kier alpha value is -2.01. The summed E-state index contributed by atoms with van der Waals surface area (Å²) >= 11 is 0. The largest absolute Gasteiger partial charge is 0.493 e. The number of benzene rings is 1. The van der Waals surface area contributed by atoms with Crippen molar-refractivity contribution in [3.63, 3.8) is 0 Å². The summed E-state index contributed by atoms with van der Waals surface area (Å²) in [5.74, 6) is 2.35. The maximum Gasteiger partial charge on any atom is 0.161 e. The average Bonchev–Trinajstić information content (AvgIpc) is 2.50. The molecule has 0 bridgehead atoms. The minimum absolute atomic E-state index is 0.319. The molecule has 0 amide bonds. The van der Waals surface area contributed by atoms with E-state index in [1.165, 1.54) is 0 Å². The summed E-state index contributed by atoms with van der Waals surface area (Å²) in [4.78, 5) is 6.75. The summed E-state index contributed by atoms with van der Waals surface area (Å²) in [6, 6.07) is 6.24. The molecule has 2 rings (SSSR count). The number of hydrogen-bond acceptors (Lipinski definition) is 5. The van der Waals surface area contributed by atoms with Crippen LogP contribution in [0.25, 0.3) is 10.8 Å². The second-order valence-corrected chi connectivity index (χ2v) is 5.14. The van der Waals surface area contributed by atoms with Crippen molar-refractivity contribution in [1.29, 1.82) is 0 Å². The number of aromatic nitrogens is 1. The third kappa shape index (κ3) is 3.03. The fourth-order valence-electron chi connectivity index (χ4n) is 2.46. The van der Waals surface area contributed by atoms with Crippen LogP contribution in [0.1, 0.15) is 13.8 Å². The van der Waals surface area contributed by atoms with E-state index in [1.54, 1.807) is 14.2 Å². The van der Waals surface area contributed by atoms with E-state index in [0.717, 1.165) is 28.9 Å². The van der Waals surface area contributed by atoms with Crippen LogP contribution in [0.5, 0.6) is 11.5 Å². The van der Waals surface area contributed by atoms with Gasteiger partial charge in [0.2, 0.25) is 0 Å². The third-order valence-electron chi connectivity index (χ3n) is 3.51. The topological polar surface area (TPSA) is 60.6 Å². The van der Waals surface area contributed by atoms with Crippen molar-refractivity contribution in [2.75, 3.05) is 32.2 Å². The number of nitrogens with two attached hydrogens (primary N) is 1. The highest BCUT2D eigenvalue weighted by Crippen LogP contribution is 2.35. The van der Waals surface area contributed by atoms with Crippen LogP contribution in [-0.2, 0) is 0 Å². The van der Waals surface area contributed by atoms with Crippen molar-refractivity contribution in [2.45, 2.75) is 19.9 Å². The zero-order chi connectivity index (χ0) is 15.4. The van der Waals surface area contributed by atoms with Crippen molar-refractivity contribution < 1.29 is 9.47 Å². The van der Waals surface area contributed by atoms with Crippen LogP contribution < -0.4 is 20.1 Å². The fraction of sp³-hybridized carbons (Fsp3) is 0.438. The van der Waals surface area contributed by atoms with Gasteiger partial charge in [-0.15, -0.1) is 0 Å². The van der Waals surface area contributed by atoms with E-state index in [9.17, 15) is 0 Å². The molecular weight excluding hydrogens is 266 g/mol. The molecule has 5 heteroatoms. The maximum absolute atomic E-state index is 5.74. The number of rotatable bonds is 6. The second kappa shape index (κ2) is 6.63. The van der Waals surface area contributed by atoms with Gasteiger partial charge in [-0.3, -0.25) is 0 Å². The zero-order valence-electron chi connectivity index (χ0n) is 13.1. The van der Waals surface area contributed by atoms with Crippen LogP contribution in [0.15, 0.2) is 24.4 Å². The Bertz CT molecular complexity index is 614. The molecule has 0 spiro atoms. The molecule has 5 nitrogen and oxygen atoms in total. The summed E-state index contributed by atoms with van der Waals surface area (Å²) in [6.07, 6.45) is 1.81. The van der Waals surface area contributed by atoms with Gasteiger partial charge in [-0.05, 0) is 37.4 Å². The number of hydrogen-bond donors (Lipinski definition) is 1. The van der Waals surface area contributed by atoms with Gasteiger partial charge in [0.1, 0.15) is 5.82 Å². The normalized spacial score (nSPS) is 11.0. The van der Waals surface area contributed by atoms with E-state index in [-0.39, 0.29) is 0 Å². The highest BCUT2D eigenvalue weighted by molar-refractivity contribution is 5.94. The first-order chi connectivity index (χ1) is 10.1. The molecule has 2 N–H and O–H groups in total. The lowest BCUT2D eigenvalue weighted by Gasteiger charge is -2.28. The lowest BCUT2D eigenvalue weighted by atomic mass is 10.1. The first-order valence-electron chi connectivity index (χ1n) is 7.09. The number of pyridine rings is 1. The Morgan fingerprint density at radius 3 is 2.43 bits per heavy atom. The fourth-order valence-corrected chi connectivity index (χ4v) is 2.46. The van der Waals surface area contributed by atoms with E-state index in [1.807, 2.05) is 24.4 Å². The summed E-state index contributed by atoms with van der Waals surface area (Å²) in [5.41, 5.74) is 5.74. The lowest BCUT2D eigenvalue weighted by Crippen LogP contribution is -2.36.